The Morgan fingerprint density at radius 2 is 1.74 bits per heavy atom. The fourth-order valence-electron chi connectivity index (χ4n) is 2.80. The number of fused-ring (bicyclic) bond motifs is 1. The van der Waals surface area contributed by atoms with E-state index in [0.717, 1.165) is 10.9 Å². The maximum absolute atomic E-state index is 12.0. The molecule has 0 saturated heterocycles. The molecule has 3 aromatic rings. The zero-order valence-corrected chi connectivity index (χ0v) is 14.8. The van der Waals surface area contributed by atoms with E-state index < -0.39 is 6.10 Å². The number of amides is 1. The highest BCUT2D eigenvalue weighted by Crippen LogP contribution is 2.16. The van der Waals surface area contributed by atoms with Crippen molar-refractivity contribution in [1.29, 1.82) is 0 Å². The van der Waals surface area contributed by atoms with Gasteiger partial charge >= 0.3 is 0 Å². The molecule has 0 radical (unpaired) electrons. The molecule has 0 saturated carbocycles. The van der Waals surface area contributed by atoms with Gasteiger partial charge in [0, 0.05) is 24.9 Å². The molecule has 1 aromatic heterocycles. The summed E-state index contributed by atoms with van der Waals surface area (Å²) in [4.78, 5) is 23.7. The third-order valence-electron chi connectivity index (χ3n) is 4.22. The Labute approximate surface area is 156 Å². The lowest BCUT2D eigenvalue weighted by Crippen LogP contribution is -2.36. The van der Waals surface area contributed by atoms with E-state index in [1.165, 1.54) is 0 Å². The lowest BCUT2D eigenvalue weighted by atomic mass is 10.1. The molecule has 4 N–H and O–H groups in total. The van der Waals surface area contributed by atoms with Crippen LogP contribution < -0.4 is 16.2 Å². The number of hydrogen-bond donors (Lipinski definition) is 4. The highest BCUT2D eigenvalue weighted by Gasteiger charge is 2.14. The van der Waals surface area contributed by atoms with E-state index in [4.69, 9.17) is 0 Å². The minimum absolute atomic E-state index is 0.226. The van der Waals surface area contributed by atoms with Gasteiger partial charge in [0.15, 0.2) is 5.82 Å². The molecule has 140 valence electrons. The monoisotopic (exact) mass is 366 g/mol. The van der Waals surface area contributed by atoms with Crippen LogP contribution in [0.5, 0.6) is 0 Å². The van der Waals surface area contributed by atoms with Gasteiger partial charge < -0.3 is 15.7 Å². The number of nitrogens with zero attached hydrogens (tertiary/aromatic N) is 1. The molecule has 7 nitrogen and oxygen atoms in total. The largest absolute Gasteiger partial charge is 0.383 e. The SMILES string of the molecule is O=C(NCCCNc1n[nH]c(=O)c2ccccc12)[C@H](O)Cc1ccccc1. The molecule has 27 heavy (non-hydrogen) atoms. The van der Waals surface area contributed by atoms with Crippen LogP contribution in [-0.2, 0) is 11.2 Å². The van der Waals surface area contributed by atoms with E-state index in [1.807, 2.05) is 42.5 Å². The number of aliphatic hydroxyl groups excluding tert-OH is 1. The average molecular weight is 366 g/mol. The second-order valence-electron chi connectivity index (χ2n) is 6.22. The summed E-state index contributed by atoms with van der Waals surface area (Å²) in [6.07, 6.45) is -0.123. The van der Waals surface area contributed by atoms with E-state index in [0.29, 0.717) is 30.7 Å². The Balaban J connectivity index is 1.44. The number of aromatic nitrogens is 2. The Hall–Kier alpha value is -3.19. The Kier molecular flexibility index (Phi) is 6.17. The molecule has 1 amide bonds. The highest BCUT2D eigenvalue weighted by molar-refractivity contribution is 5.90. The Morgan fingerprint density at radius 1 is 1.04 bits per heavy atom. The third kappa shape index (κ3) is 4.92. The summed E-state index contributed by atoms with van der Waals surface area (Å²) in [5.74, 6) is 0.215. The van der Waals surface area contributed by atoms with Crippen LogP contribution in [0.4, 0.5) is 5.82 Å². The molecule has 1 atom stereocenters. The first-order valence-electron chi connectivity index (χ1n) is 8.86. The first kappa shape index (κ1) is 18.6. The smallest absolute Gasteiger partial charge is 0.272 e. The van der Waals surface area contributed by atoms with Crippen LogP contribution in [0.25, 0.3) is 10.8 Å². The van der Waals surface area contributed by atoms with Crippen LogP contribution in [0.1, 0.15) is 12.0 Å². The molecule has 0 aliphatic carbocycles. The maximum Gasteiger partial charge on any atom is 0.272 e. The second-order valence-corrected chi connectivity index (χ2v) is 6.22. The van der Waals surface area contributed by atoms with E-state index in [9.17, 15) is 14.7 Å². The van der Waals surface area contributed by atoms with Gasteiger partial charge in [-0.1, -0.05) is 48.5 Å². The number of aliphatic hydroxyl groups is 1. The number of rotatable bonds is 8. The fraction of sp³-hybridized carbons (Fsp3) is 0.250. The highest BCUT2D eigenvalue weighted by atomic mass is 16.3. The molecular weight excluding hydrogens is 344 g/mol. The first-order chi connectivity index (χ1) is 13.1. The van der Waals surface area contributed by atoms with Gasteiger partial charge in [-0.15, -0.1) is 0 Å². The van der Waals surface area contributed by atoms with Gasteiger partial charge in [0.2, 0.25) is 5.91 Å². The molecule has 0 fully saturated rings. The summed E-state index contributed by atoms with van der Waals surface area (Å²) >= 11 is 0. The van der Waals surface area contributed by atoms with E-state index in [2.05, 4.69) is 20.8 Å². The summed E-state index contributed by atoms with van der Waals surface area (Å²) in [7, 11) is 0. The summed E-state index contributed by atoms with van der Waals surface area (Å²) in [5.41, 5.74) is 0.689. The zero-order valence-electron chi connectivity index (χ0n) is 14.8. The Bertz CT molecular complexity index is 956. The number of nitrogens with one attached hydrogen (secondary N) is 3. The molecule has 7 heteroatoms. The van der Waals surface area contributed by atoms with Crippen molar-refractivity contribution in [2.24, 2.45) is 0 Å². The van der Waals surface area contributed by atoms with Crippen molar-refractivity contribution in [2.45, 2.75) is 18.9 Å². The van der Waals surface area contributed by atoms with Crippen LogP contribution in [0, 0.1) is 0 Å². The molecule has 0 unspecified atom stereocenters. The van der Waals surface area contributed by atoms with Crippen LogP contribution in [-0.4, -0.2) is 40.4 Å². The van der Waals surface area contributed by atoms with E-state index >= 15 is 0 Å². The molecule has 0 bridgehead atoms. The second kappa shape index (κ2) is 8.95. The van der Waals surface area contributed by atoms with E-state index in [-0.39, 0.29) is 17.9 Å². The first-order valence-corrected chi connectivity index (χ1v) is 8.86. The number of benzene rings is 2. The summed E-state index contributed by atoms with van der Waals surface area (Å²) < 4.78 is 0. The molecule has 2 aromatic carbocycles. The normalized spacial score (nSPS) is 11.9. The number of anilines is 1. The topological polar surface area (TPSA) is 107 Å². The molecule has 0 aliphatic heterocycles. The van der Waals surface area contributed by atoms with E-state index in [1.54, 1.807) is 12.1 Å². The molecule has 0 aliphatic rings. The van der Waals surface area contributed by atoms with Crippen LogP contribution >= 0.6 is 0 Å². The molecule has 3 rings (SSSR count). The van der Waals surface area contributed by atoms with Crippen LogP contribution in [0.2, 0.25) is 0 Å². The Morgan fingerprint density at radius 3 is 2.52 bits per heavy atom. The summed E-state index contributed by atoms with van der Waals surface area (Å²) in [6.45, 7) is 0.997. The number of aromatic amines is 1. The van der Waals surface area contributed by atoms with Crippen molar-refractivity contribution in [3.05, 3.63) is 70.5 Å². The number of carbonyl (C=O) groups excluding carboxylic acids is 1. The molecular formula is C20H22N4O3. The lowest BCUT2D eigenvalue weighted by Gasteiger charge is -2.12. The van der Waals surface area contributed by atoms with Gasteiger partial charge in [0.05, 0.1) is 5.39 Å². The predicted octanol–water partition coefficient (Wildman–Crippen LogP) is 1.44. The van der Waals surface area contributed by atoms with Crippen molar-refractivity contribution in [3.8, 4) is 0 Å². The predicted molar refractivity (Wildman–Crippen MR) is 105 cm³/mol. The quantitative estimate of drug-likeness (QED) is 0.451. The number of hydrogen-bond acceptors (Lipinski definition) is 5. The van der Waals surface area contributed by atoms with Crippen LogP contribution in [0.15, 0.2) is 59.4 Å². The van der Waals surface area contributed by atoms with Gasteiger partial charge in [-0.25, -0.2) is 5.10 Å². The van der Waals surface area contributed by atoms with Crippen molar-refractivity contribution in [1.82, 2.24) is 15.5 Å². The van der Waals surface area contributed by atoms with Gasteiger partial charge in [-0.3, -0.25) is 9.59 Å². The van der Waals surface area contributed by atoms with Crippen molar-refractivity contribution in [2.75, 3.05) is 18.4 Å². The van der Waals surface area contributed by atoms with Crippen molar-refractivity contribution < 1.29 is 9.90 Å². The van der Waals surface area contributed by atoms with Crippen LogP contribution in [0.3, 0.4) is 0 Å². The summed E-state index contributed by atoms with van der Waals surface area (Å²) in [6, 6.07) is 16.6. The number of carbonyl (C=O) groups is 1. The van der Waals surface area contributed by atoms with Crippen molar-refractivity contribution >= 4 is 22.5 Å². The van der Waals surface area contributed by atoms with Crippen molar-refractivity contribution in [3.63, 3.8) is 0 Å². The van der Waals surface area contributed by atoms with Gasteiger partial charge in [-0.2, -0.15) is 5.10 Å². The minimum atomic E-state index is -1.06. The molecule has 0 spiro atoms. The molecule has 1 heterocycles. The average Bonchev–Trinajstić information content (AvgIpc) is 2.70. The van der Waals surface area contributed by atoms with Gasteiger partial charge in [0.25, 0.3) is 5.56 Å². The standard InChI is InChI=1S/C20H22N4O3/c25-17(13-14-7-2-1-3-8-14)20(27)22-12-6-11-21-18-15-9-4-5-10-16(15)19(26)24-23-18/h1-5,7-10,17,25H,6,11-13H2,(H,21,23)(H,22,27)(H,24,26)/t17-/m1/s1. The lowest BCUT2D eigenvalue weighted by molar-refractivity contribution is -0.129. The zero-order chi connectivity index (χ0) is 19.1. The number of H-pyrrole nitrogens is 1. The maximum atomic E-state index is 12.0. The third-order valence-corrected chi connectivity index (χ3v) is 4.22. The fourth-order valence-corrected chi connectivity index (χ4v) is 2.80. The minimum Gasteiger partial charge on any atom is -0.383 e. The summed E-state index contributed by atoms with van der Waals surface area (Å²) in [5, 5.41) is 23.7. The van der Waals surface area contributed by atoms with Gasteiger partial charge in [-0.05, 0) is 18.1 Å². The van der Waals surface area contributed by atoms with Gasteiger partial charge in [0.1, 0.15) is 6.10 Å².